The third-order valence-corrected chi connectivity index (χ3v) is 4.06. The van der Waals surface area contributed by atoms with Crippen LogP contribution in [-0.4, -0.2) is 28.7 Å². The fourth-order valence-electron chi connectivity index (χ4n) is 2.90. The Hall–Kier alpha value is -1.52. The van der Waals surface area contributed by atoms with Crippen LogP contribution in [0, 0.1) is 0 Å². The highest BCUT2D eigenvalue weighted by molar-refractivity contribution is 5.86. The fraction of sp³-hybridized carbons (Fsp3) is 0.714. The van der Waals surface area contributed by atoms with Crippen LogP contribution in [0.4, 0.5) is 4.79 Å². The summed E-state index contributed by atoms with van der Waals surface area (Å²) in [5.41, 5.74) is -1.08. The molecule has 1 saturated carbocycles. The average Bonchev–Trinajstić information content (AvgIpc) is 2.73. The Morgan fingerprint density at radius 2 is 1.63 bits per heavy atom. The molecule has 0 spiro atoms. The van der Waals surface area contributed by atoms with Crippen LogP contribution >= 0.6 is 0 Å². The van der Waals surface area contributed by atoms with Gasteiger partial charge < -0.3 is 15.7 Å². The number of carbonyl (C=O) groups excluding carboxylic acids is 1. The van der Waals surface area contributed by atoms with Crippen LogP contribution in [0.15, 0.2) is 12.2 Å². The quantitative estimate of drug-likeness (QED) is 0.541. The lowest BCUT2D eigenvalue weighted by Gasteiger charge is -2.30. The predicted octanol–water partition coefficient (Wildman–Crippen LogP) is 2.18. The highest BCUT2D eigenvalue weighted by Crippen LogP contribution is 2.27. The second kappa shape index (κ2) is 6.08. The van der Waals surface area contributed by atoms with Crippen molar-refractivity contribution in [2.24, 2.45) is 0 Å². The Labute approximate surface area is 113 Å². The van der Waals surface area contributed by atoms with E-state index in [0.29, 0.717) is 12.8 Å². The highest BCUT2D eigenvalue weighted by Gasteiger charge is 2.40. The molecule has 0 bridgehead atoms. The van der Waals surface area contributed by atoms with E-state index in [1.54, 1.807) is 0 Å². The molecule has 0 aromatic heterocycles. The zero-order chi connectivity index (χ0) is 13.7. The molecule has 2 rings (SSSR count). The molecule has 3 N–H and O–H groups in total. The number of urea groups is 1. The molecule has 0 aromatic carbocycles. The number of hydrogen-bond acceptors (Lipinski definition) is 2. The first kappa shape index (κ1) is 13.9. The molecular formula is C14H22N2O3. The van der Waals surface area contributed by atoms with E-state index in [-0.39, 0.29) is 12.1 Å². The van der Waals surface area contributed by atoms with E-state index in [2.05, 4.69) is 10.6 Å². The molecule has 5 heteroatoms. The number of rotatable bonds is 3. The van der Waals surface area contributed by atoms with Gasteiger partial charge in [-0.05, 0) is 25.7 Å². The molecule has 0 radical (unpaired) electrons. The monoisotopic (exact) mass is 266 g/mol. The van der Waals surface area contributed by atoms with Crippen molar-refractivity contribution in [2.45, 2.75) is 62.9 Å². The second-order valence-electron chi connectivity index (χ2n) is 5.54. The number of carbonyl (C=O) groups is 2. The maximum atomic E-state index is 12.0. The van der Waals surface area contributed by atoms with E-state index >= 15 is 0 Å². The van der Waals surface area contributed by atoms with Crippen molar-refractivity contribution >= 4 is 12.0 Å². The number of hydrogen-bond donors (Lipinski definition) is 3. The van der Waals surface area contributed by atoms with Crippen molar-refractivity contribution in [3.8, 4) is 0 Å². The molecular weight excluding hydrogens is 244 g/mol. The largest absolute Gasteiger partial charge is 0.480 e. The van der Waals surface area contributed by atoms with Crippen molar-refractivity contribution in [3.05, 3.63) is 12.2 Å². The zero-order valence-corrected chi connectivity index (χ0v) is 11.2. The van der Waals surface area contributed by atoms with Gasteiger partial charge >= 0.3 is 12.0 Å². The molecule has 2 aliphatic rings. The summed E-state index contributed by atoms with van der Waals surface area (Å²) in [6, 6.07) is -0.241. The third-order valence-electron chi connectivity index (χ3n) is 4.06. The van der Waals surface area contributed by atoms with Gasteiger partial charge in [-0.1, -0.05) is 37.8 Å². The van der Waals surface area contributed by atoms with Gasteiger partial charge in [-0.25, -0.2) is 9.59 Å². The predicted molar refractivity (Wildman–Crippen MR) is 71.9 cm³/mol. The maximum absolute atomic E-state index is 12.0. The Bertz CT molecular complexity index is 363. The van der Waals surface area contributed by atoms with Crippen LogP contribution in [-0.2, 0) is 4.79 Å². The topological polar surface area (TPSA) is 78.4 Å². The Kier molecular flexibility index (Phi) is 4.45. The molecule has 106 valence electrons. The third kappa shape index (κ3) is 3.49. The Morgan fingerprint density at radius 3 is 2.16 bits per heavy atom. The van der Waals surface area contributed by atoms with Gasteiger partial charge in [0.25, 0.3) is 0 Å². The van der Waals surface area contributed by atoms with Gasteiger partial charge in [-0.2, -0.15) is 0 Å². The molecule has 0 aliphatic heterocycles. The highest BCUT2D eigenvalue weighted by atomic mass is 16.4. The van der Waals surface area contributed by atoms with Gasteiger partial charge in [0.2, 0.25) is 0 Å². The normalized spacial score (nSPS) is 22.7. The molecule has 1 fully saturated rings. The number of carboxylic acid groups (broad SMARTS) is 1. The van der Waals surface area contributed by atoms with E-state index in [9.17, 15) is 14.7 Å². The molecule has 0 unspecified atom stereocenters. The van der Waals surface area contributed by atoms with Crippen molar-refractivity contribution in [2.75, 3.05) is 0 Å². The molecule has 0 atom stereocenters. The van der Waals surface area contributed by atoms with Crippen molar-refractivity contribution in [1.82, 2.24) is 10.6 Å². The summed E-state index contributed by atoms with van der Waals surface area (Å²) >= 11 is 0. The van der Waals surface area contributed by atoms with Gasteiger partial charge in [0.15, 0.2) is 0 Å². The van der Waals surface area contributed by atoms with Crippen molar-refractivity contribution in [3.63, 3.8) is 0 Å². The summed E-state index contributed by atoms with van der Waals surface area (Å²) in [5.74, 6) is -0.908. The van der Waals surface area contributed by atoms with Crippen LogP contribution in [0.1, 0.15) is 51.4 Å². The molecule has 0 heterocycles. The minimum Gasteiger partial charge on any atom is -0.480 e. The van der Waals surface area contributed by atoms with Crippen LogP contribution < -0.4 is 10.6 Å². The Balaban J connectivity index is 1.95. The molecule has 0 aromatic rings. The van der Waals surface area contributed by atoms with Gasteiger partial charge in [0.1, 0.15) is 5.54 Å². The molecule has 0 saturated heterocycles. The van der Waals surface area contributed by atoms with Gasteiger partial charge in [0.05, 0.1) is 0 Å². The number of amides is 2. The number of carboxylic acids is 1. The van der Waals surface area contributed by atoms with Crippen LogP contribution in [0.2, 0.25) is 0 Å². The lowest BCUT2D eigenvalue weighted by atomic mass is 9.90. The lowest BCUT2D eigenvalue weighted by Crippen LogP contribution is -2.58. The zero-order valence-electron chi connectivity index (χ0n) is 11.2. The first-order valence-corrected chi connectivity index (χ1v) is 7.09. The Morgan fingerprint density at radius 1 is 1.05 bits per heavy atom. The van der Waals surface area contributed by atoms with Gasteiger partial charge in [-0.15, -0.1) is 0 Å². The second-order valence-corrected chi connectivity index (χ2v) is 5.54. The standard InChI is InChI=1S/C14H22N2O3/c17-12(18)14(9-5-1-2-6-10-14)16-13(19)15-11-7-3-4-8-11/h3-4,11H,1-2,5-10H2,(H,17,18)(H2,15,16,19). The molecule has 19 heavy (non-hydrogen) atoms. The van der Waals surface area contributed by atoms with E-state index in [1.165, 1.54) is 0 Å². The summed E-state index contributed by atoms with van der Waals surface area (Å²) in [4.78, 5) is 23.5. The van der Waals surface area contributed by atoms with Crippen LogP contribution in [0.25, 0.3) is 0 Å². The molecule has 2 aliphatic carbocycles. The molecule has 2 amide bonds. The average molecular weight is 266 g/mol. The van der Waals surface area contributed by atoms with E-state index < -0.39 is 11.5 Å². The van der Waals surface area contributed by atoms with Crippen LogP contribution in [0.5, 0.6) is 0 Å². The summed E-state index contributed by atoms with van der Waals surface area (Å²) < 4.78 is 0. The number of nitrogens with one attached hydrogen (secondary N) is 2. The minimum atomic E-state index is -1.08. The summed E-state index contributed by atoms with van der Waals surface area (Å²) in [5, 5.41) is 15.0. The maximum Gasteiger partial charge on any atom is 0.329 e. The summed E-state index contributed by atoms with van der Waals surface area (Å²) in [7, 11) is 0. The van der Waals surface area contributed by atoms with Gasteiger partial charge in [-0.3, -0.25) is 0 Å². The lowest BCUT2D eigenvalue weighted by molar-refractivity contribution is -0.145. The van der Waals surface area contributed by atoms with Crippen LogP contribution in [0.3, 0.4) is 0 Å². The minimum absolute atomic E-state index is 0.108. The fourth-order valence-corrected chi connectivity index (χ4v) is 2.90. The summed E-state index contributed by atoms with van der Waals surface area (Å²) in [6.07, 6.45) is 10.6. The van der Waals surface area contributed by atoms with E-state index in [0.717, 1.165) is 38.5 Å². The first-order chi connectivity index (χ1) is 9.12. The van der Waals surface area contributed by atoms with Crippen molar-refractivity contribution < 1.29 is 14.7 Å². The number of aliphatic carboxylic acids is 1. The molecule has 5 nitrogen and oxygen atoms in total. The van der Waals surface area contributed by atoms with Crippen molar-refractivity contribution in [1.29, 1.82) is 0 Å². The van der Waals surface area contributed by atoms with Gasteiger partial charge in [0, 0.05) is 6.04 Å². The first-order valence-electron chi connectivity index (χ1n) is 7.09. The SMILES string of the molecule is O=C(NC1CC=CC1)NC1(C(=O)O)CCCCCC1. The smallest absolute Gasteiger partial charge is 0.329 e. The summed E-state index contributed by atoms with van der Waals surface area (Å²) in [6.45, 7) is 0. The van der Waals surface area contributed by atoms with E-state index in [4.69, 9.17) is 0 Å². The van der Waals surface area contributed by atoms with E-state index in [1.807, 2.05) is 12.2 Å².